The molecule has 2 fully saturated rings. The van der Waals surface area contributed by atoms with E-state index in [1.807, 2.05) is 39.0 Å². The van der Waals surface area contributed by atoms with Crippen molar-refractivity contribution in [2.45, 2.75) is 103 Å². The minimum absolute atomic E-state index is 0.0251. The quantitative estimate of drug-likeness (QED) is 0.159. The lowest BCUT2D eigenvalue weighted by atomic mass is 9.96. The van der Waals surface area contributed by atoms with Crippen molar-refractivity contribution in [3.05, 3.63) is 54.5 Å². The molecule has 0 N–H and O–H groups in total. The molecule has 8 nitrogen and oxygen atoms in total. The van der Waals surface area contributed by atoms with E-state index in [-0.39, 0.29) is 29.4 Å². The normalized spacial score (nSPS) is 18.1. The minimum Gasteiger partial charge on any atom is -0.444 e. The van der Waals surface area contributed by atoms with Gasteiger partial charge in [0.25, 0.3) is 0 Å². The second-order valence-corrected chi connectivity index (χ2v) is 20.4. The van der Waals surface area contributed by atoms with Crippen LogP contribution in [0.15, 0.2) is 43.1 Å². The topological polar surface area (TPSA) is 84.3 Å². The first-order valence-corrected chi connectivity index (χ1v) is 18.9. The van der Waals surface area contributed by atoms with E-state index < -0.39 is 19.5 Å². The Morgan fingerprint density at radius 3 is 2.40 bits per heavy atom. The molecule has 4 aromatic rings. The smallest absolute Gasteiger partial charge is 0.410 e. The lowest BCUT2D eigenvalue weighted by Gasteiger charge is -2.47. The summed E-state index contributed by atoms with van der Waals surface area (Å²) < 4.78 is 22.2. The summed E-state index contributed by atoms with van der Waals surface area (Å²) in [7, 11) is -2.00. The van der Waals surface area contributed by atoms with E-state index in [0.29, 0.717) is 46.5 Å². The Hall–Kier alpha value is -4.10. The molecule has 1 amide bonds. The van der Waals surface area contributed by atoms with Gasteiger partial charge in [0.15, 0.2) is 5.82 Å². The van der Waals surface area contributed by atoms with Gasteiger partial charge in [-0.2, -0.15) is 0 Å². The van der Waals surface area contributed by atoms with Gasteiger partial charge in [-0.1, -0.05) is 59.6 Å². The molecule has 0 saturated carbocycles. The van der Waals surface area contributed by atoms with Crippen LogP contribution in [-0.2, 0) is 4.74 Å². The zero-order valence-electron chi connectivity index (χ0n) is 28.9. The summed E-state index contributed by atoms with van der Waals surface area (Å²) in [6, 6.07) is 6.08. The Balaban J connectivity index is 1.38. The third-order valence-corrected chi connectivity index (χ3v) is 16.4. The number of halogens is 1. The molecule has 6 rings (SSSR count). The van der Waals surface area contributed by atoms with Gasteiger partial charge in [-0.25, -0.2) is 19.2 Å². The first kappa shape index (κ1) is 32.8. The standard InChI is InChI=1S/C37H45FN6O2Si/c1-22(2)47(23(3)4,24(5)6)16-14-25-11-10-12-26-17-39-18-27(31(25)26)33-32(38)34-28(19-40-33)35(42-21-41-34)44-20-30-29(44)13-15-43(30)36(45)46-37(7,8)9/h10-12,17-19,21-24,29-30H,13,15,20H2,1-9H3/t29-,30-/m1/s1. The fourth-order valence-electron chi connectivity index (χ4n) is 7.93. The zero-order chi connectivity index (χ0) is 33.8. The van der Waals surface area contributed by atoms with Crippen LogP contribution in [0.3, 0.4) is 0 Å². The average Bonchev–Trinajstić information content (AvgIpc) is 3.32. The Bertz CT molecular complexity index is 1880. The minimum atomic E-state index is -2.00. The van der Waals surface area contributed by atoms with Gasteiger partial charge < -0.3 is 14.5 Å². The molecule has 0 radical (unpaired) electrons. The van der Waals surface area contributed by atoms with Crippen LogP contribution in [0.1, 0.15) is 74.3 Å². The van der Waals surface area contributed by atoms with E-state index in [2.05, 4.69) is 77.8 Å². The Labute approximate surface area is 278 Å². The van der Waals surface area contributed by atoms with Gasteiger partial charge >= 0.3 is 6.09 Å². The van der Waals surface area contributed by atoms with E-state index >= 15 is 4.39 Å². The van der Waals surface area contributed by atoms with Crippen molar-refractivity contribution in [2.75, 3.05) is 18.0 Å². The third-order valence-electron chi connectivity index (χ3n) is 10.1. The number of amides is 1. The molecule has 2 saturated heterocycles. The molecule has 246 valence electrons. The van der Waals surface area contributed by atoms with Gasteiger partial charge in [0.2, 0.25) is 0 Å². The highest BCUT2D eigenvalue weighted by Gasteiger charge is 2.50. The van der Waals surface area contributed by atoms with E-state index in [4.69, 9.17) is 4.74 Å². The molecule has 2 aliphatic rings. The van der Waals surface area contributed by atoms with E-state index in [1.54, 1.807) is 23.5 Å². The monoisotopic (exact) mass is 652 g/mol. The number of carbonyl (C=O) groups is 1. The molecule has 5 heterocycles. The Morgan fingerprint density at radius 2 is 1.72 bits per heavy atom. The summed E-state index contributed by atoms with van der Waals surface area (Å²) in [5.41, 5.74) is 6.58. The van der Waals surface area contributed by atoms with Crippen LogP contribution >= 0.6 is 0 Å². The molecule has 0 bridgehead atoms. The average molecular weight is 653 g/mol. The molecule has 0 aliphatic carbocycles. The van der Waals surface area contributed by atoms with Crippen molar-refractivity contribution in [3.63, 3.8) is 0 Å². The molecule has 1 aromatic carbocycles. The molecule has 0 unspecified atom stereocenters. The highest BCUT2D eigenvalue weighted by atomic mass is 28.3. The fourth-order valence-corrected chi connectivity index (χ4v) is 13.1. The predicted molar refractivity (Wildman–Crippen MR) is 188 cm³/mol. The number of ether oxygens (including phenoxy) is 1. The fraction of sp³-hybridized carbons (Fsp3) is 0.486. The van der Waals surface area contributed by atoms with Gasteiger partial charge in [0, 0.05) is 53.6 Å². The van der Waals surface area contributed by atoms with Crippen LogP contribution in [-0.4, -0.2) is 69.8 Å². The molecule has 2 aliphatic heterocycles. The van der Waals surface area contributed by atoms with Gasteiger partial charge in [-0.3, -0.25) is 9.97 Å². The maximum atomic E-state index is 16.6. The third kappa shape index (κ3) is 5.62. The van der Waals surface area contributed by atoms with Crippen molar-refractivity contribution >= 4 is 41.7 Å². The van der Waals surface area contributed by atoms with Gasteiger partial charge in [0.05, 0.1) is 17.5 Å². The number of benzene rings is 1. The van der Waals surface area contributed by atoms with Gasteiger partial charge in [-0.05, 0) is 49.9 Å². The number of hydrogen-bond donors (Lipinski definition) is 0. The number of hydrogen-bond acceptors (Lipinski definition) is 7. The highest BCUT2D eigenvalue weighted by molar-refractivity contribution is 6.90. The van der Waals surface area contributed by atoms with Gasteiger partial charge in [-0.15, -0.1) is 5.54 Å². The summed E-state index contributed by atoms with van der Waals surface area (Å²) >= 11 is 0. The molecule has 10 heteroatoms. The molecular weight excluding hydrogens is 608 g/mol. The number of carbonyl (C=O) groups excluding carboxylic acids is 1. The number of pyridine rings is 2. The number of aromatic nitrogens is 4. The first-order chi connectivity index (χ1) is 22.2. The van der Waals surface area contributed by atoms with E-state index in [9.17, 15) is 4.79 Å². The Morgan fingerprint density at radius 1 is 1.00 bits per heavy atom. The second kappa shape index (κ2) is 12.2. The van der Waals surface area contributed by atoms with Crippen molar-refractivity contribution in [3.8, 4) is 22.7 Å². The Kier molecular flexibility index (Phi) is 8.50. The van der Waals surface area contributed by atoms with E-state index in [1.165, 1.54) is 6.33 Å². The molecule has 3 aromatic heterocycles. The maximum absolute atomic E-state index is 16.6. The lowest BCUT2D eigenvalue weighted by Crippen LogP contribution is -2.63. The predicted octanol–water partition coefficient (Wildman–Crippen LogP) is 8.15. The van der Waals surface area contributed by atoms with Crippen molar-refractivity contribution in [1.29, 1.82) is 0 Å². The van der Waals surface area contributed by atoms with Crippen LogP contribution in [0, 0.1) is 17.3 Å². The molecule has 47 heavy (non-hydrogen) atoms. The number of nitrogens with zero attached hydrogens (tertiary/aromatic N) is 6. The summed E-state index contributed by atoms with van der Waals surface area (Å²) in [6.45, 7) is 20.6. The molecule has 2 atom stereocenters. The number of rotatable bonds is 5. The number of fused-ring (bicyclic) bond motifs is 3. The van der Waals surface area contributed by atoms with Crippen molar-refractivity contribution < 1.29 is 13.9 Å². The van der Waals surface area contributed by atoms with Crippen LogP contribution < -0.4 is 4.90 Å². The summed E-state index contributed by atoms with van der Waals surface area (Å²) in [5.74, 6) is 3.70. The highest BCUT2D eigenvalue weighted by Crippen LogP contribution is 2.42. The largest absolute Gasteiger partial charge is 0.444 e. The molecule has 0 spiro atoms. The summed E-state index contributed by atoms with van der Waals surface area (Å²) in [5, 5.41) is 2.26. The van der Waals surface area contributed by atoms with Gasteiger partial charge in [0.1, 0.15) is 37.0 Å². The first-order valence-electron chi connectivity index (χ1n) is 16.7. The molecular formula is C37H45FN6O2Si. The van der Waals surface area contributed by atoms with Crippen molar-refractivity contribution in [2.24, 2.45) is 0 Å². The summed E-state index contributed by atoms with van der Waals surface area (Å²) in [4.78, 5) is 34.8. The lowest BCUT2D eigenvalue weighted by molar-refractivity contribution is 0.0193. The van der Waals surface area contributed by atoms with Crippen LogP contribution in [0.4, 0.5) is 15.0 Å². The summed E-state index contributed by atoms with van der Waals surface area (Å²) in [6.07, 6.45) is 7.03. The van der Waals surface area contributed by atoms with Crippen molar-refractivity contribution in [1.82, 2.24) is 24.8 Å². The van der Waals surface area contributed by atoms with Crippen LogP contribution in [0.25, 0.3) is 32.9 Å². The number of likely N-dealkylation sites (tertiary alicyclic amines) is 1. The van der Waals surface area contributed by atoms with Crippen LogP contribution in [0.2, 0.25) is 16.6 Å². The SMILES string of the molecule is CC(C)[Si](C#Cc1cccc2cncc(-c3ncc4c(N5C[C@@H]6[C@H]5CCN6C(=O)OC(C)(C)C)ncnc4c3F)c12)(C(C)C)C(C)C. The maximum Gasteiger partial charge on any atom is 0.410 e. The number of anilines is 1. The zero-order valence-corrected chi connectivity index (χ0v) is 29.9. The van der Waals surface area contributed by atoms with E-state index in [0.717, 1.165) is 22.8 Å². The van der Waals surface area contributed by atoms with Crippen LogP contribution in [0.5, 0.6) is 0 Å². The second-order valence-electron chi connectivity index (χ2n) is 14.9.